The smallest absolute Gasteiger partial charge is 0.00264 e. The Hall–Kier alpha value is -3.64. The highest BCUT2D eigenvalue weighted by Crippen LogP contribution is 2.42. The van der Waals surface area contributed by atoms with Gasteiger partial charge in [0, 0.05) is 0 Å². The topological polar surface area (TPSA) is 0 Å². The van der Waals surface area contributed by atoms with E-state index in [1.54, 1.807) is 0 Å². The first-order valence-corrected chi connectivity index (χ1v) is 9.64. The summed E-state index contributed by atoms with van der Waals surface area (Å²) >= 11 is 0. The van der Waals surface area contributed by atoms with Gasteiger partial charge in [0.2, 0.25) is 0 Å². The predicted molar refractivity (Wildman–Crippen MR) is 120 cm³/mol. The number of rotatable bonds is 3. The van der Waals surface area contributed by atoms with E-state index < -0.39 is 0 Å². The molecule has 0 N–H and O–H groups in total. The fourth-order valence-electron chi connectivity index (χ4n) is 3.99. The van der Waals surface area contributed by atoms with Crippen LogP contribution in [0.2, 0.25) is 0 Å². The lowest BCUT2D eigenvalue weighted by Crippen LogP contribution is -1.91. The van der Waals surface area contributed by atoms with Crippen LogP contribution in [0.3, 0.4) is 0 Å². The molecule has 5 aromatic carbocycles. The lowest BCUT2D eigenvalue weighted by Gasteiger charge is -2.18. The van der Waals surface area contributed by atoms with Gasteiger partial charge in [-0.25, -0.2) is 0 Å². The quantitative estimate of drug-likeness (QED) is 0.309. The molecule has 0 heteroatoms. The van der Waals surface area contributed by atoms with Crippen LogP contribution in [-0.2, 0) is 0 Å². The van der Waals surface area contributed by atoms with E-state index in [1.807, 2.05) is 0 Å². The zero-order valence-electron chi connectivity index (χ0n) is 15.5. The Morgan fingerprint density at radius 1 is 0.321 bits per heavy atom. The van der Waals surface area contributed by atoms with Crippen molar-refractivity contribution in [3.8, 4) is 33.4 Å². The van der Waals surface area contributed by atoms with Crippen molar-refractivity contribution < 1.29 is 0 Å². The molecular weight excluding hydrogens is 336 g/mol. The first-order valence-electron chi connectivity index (χ1n) is 9.64. The molecule has 5 aromatic rings. The van der Waals surface area contributed by atoms with Gasteiger partial charge >= 0.3 is 0 Å². The lowest BCUT2D eigenvalue weighted by molar-refractivity contribution is 1.59. The van der Waals surface area contributed by atoms with E-state index in [-0.39, 0.29) is 0 Å². The normalized spacial score (nSPS) is 10.9. The van der Waals surface area contributed by atoms with Crippen molar-refractivity contribution in [3.63, 3.8) is 0 Å². The fraction of sp³-hybridized carbons (Fsp3) is 0. The maximum Gasteiger partial charge on any atom is -0.00264 e. The Kier molecular flexibility index (Phi) is 4.23. The summed E-state index contributed by atoms with van der Waals surface area (Å²) in [5.74, 6) is 0. The first-order chi connectivity index (χ1) is 13.9. The molecule has 0 nitrogen and oxygen atoms in total. The van der Waals surface area contributed by atoms with Crippen LogP contribution in [0.1, 0.15) is 0 Å². The van der Waals surface area contributed by atoms with Gasteiger partial charge in [0.25, 0.3) is 0 Å². The van der Waals surface area contributed by atoms with Gasteiger partial charge in [0.1, 0.15) is 0 Å². The molecule has 0 fully saturated rings. The number of hydrogen-bond acceptors (Lipinski definition) is 0. The Balaban J connectivity index is 1.93. The maximum absolute atomic E-state index is 2.36. The molecule has 0 aliphatic carbocycles. The summed E-state index contributed by atoms with van der Waals surface area (Å²) in [5.41, 5.74) is 7.57. The highest BCUT2D eigenvalue weighted by Gasteiger charge is 2.15. The molecule has 28 heavy (non-hydrogen) atoms. The zero-order chi connectivity index (χ0) is 18.8. The van der Waals surface area contributed by atoms with E-state index in [0.717, 1.165) is 0 Å². The van der Waals surface area contributed by atoms with Crippen LogP contribution in [-0.4, -0.2) is 0 Å². The van der Waals surface area contributed by atoms with E-state index >= 15 is 0 Å². The van der Waals surface area contributed by atoms with Crippen LogP contribution in [0.15, 0.2) is 121 Å². The molecule has 0 heterocycles. The summed E-state index contributed by atoms with van der Waals surface area (Å²) in [6.07, 6.45) is 0. The fourth-order valence-corrected chi connectivity index (χ4v) is 3.99. The minimum Gasteiger partial charge on any atom is -0.0622 e. The van der Waals surface area contributed by atoms with Gasteiger partial charge in [0.15, 0.2) is 0 Å². The van der Waals surface area contributed by atoms with E-state index in [2.05, 4.69) is 121 Å². The van der Waals surface area contributed by atoms with Crippen molar-refractivity contribution in [3.05, 3.63) is 121 Å². The second-order valence-electron chi connectivity index (χ2n) is 6.99. The Morgan fingerprint density at radius 2 is 0.750 bits per heavy atom. The van der Waals surface area contributed by atoms with Gasteiger partial charge in [-0.15, -0.1) is 0 Å². The van der Waals surface area contributed by atoms with Crippen LogP contribution < -0.4 is 0 Å². The molecule has 132 valence electrons. The number of hydrogen-bond donors (Lipinski definition) is 0. The molecule has 5 rings (SSSR count). The van der Waals surface area contributed by atoms with E-state index in [4.69, 9.17) is 0 Å². The summed E-state index contributed by atoms with van der Waals surface area (Å²) in [6, 6.07) is 43.2. The van der Waals surface area contributed by atoms with Crippen LogP contribution in [0.5, 0.6) is 0 Å². The molecule has 0 aliphatic heterocycles. The molecule has 0 unspecified atom stereocenters. The van der Waals surface area contributed by atoms with Gasteiger partial charge < -0.3 is 0 Å². The van der Waals surface area contributed by atoms with Crippen molar-refractivity contribution in [2.24, 2.45) is 0 Å². The highest BCUT2D eigenvalue weighted by atomic mass is 14.2. The molecule has 0 aromatic heterocycles. The summed E-state index contributed by atoms with van der Waals surface area (Å²) in [6.45, 7) is 0. The minimum atomic E-state index is 1.24. The lowest BCUT2D eigenvalue weighted by atomic mass is 9.85. The second-order valence-corrected chi connectivity index (χ2v) is 6.99. The van der Waals surface area contributed by atoms with Gasteiger partial charge in [-0.3, -0.25) is 0 Å². The average molecular weight is 356 g/mol. The zero-order valence-corrected chi connectivity index (χ0v) is 15.5. The maximum atomic E-state index is 2.36. The van der Waals surface area contributed by atoms with Crippen LogP contribution in [0, 0.1) is 0 Å². The van der Waals surface area contributed by atoms with Gasteiger partial charge in [0.05, 0.1) is 0 Å². The summed E-state index contributed by atoms with van der Waals surface area (Å²) in [7, 11) is 0. The van der Waals surface area contributed by atoms with Gasteiger partial charge in [-0.05, 0) is 50.2 Å². The Morgan fingerprint density at radius 3 is 1.32 bits per heavy atom. The van der Waals surface area contributed by atoms with E-state index in [1.165, 1.54) is 44.2 Å². The Labute approximate surface area is 165 Å². The van der Waals surface area contributed by atoms with Gasteiger partial charge in [-0.1, -0.05) is 115 Å². The van der Waals surface area contributed by atoms with E-state index in [0.29, 0.717) is 0 Å². The first kappa shape index (κ1) is 16.5. The summed E-state index contributed by atoms with van der Waals surface area (Å²) in [5, 5.41) is 2.57. The van der Waals surface area contributed by atoms with Gasteiger partial charge in [-0.2, -0.15) is 0 Å². The predicted octanol–water partition coefficient (Wildman–Crippen LogP) is 7.84. The van der Waals surface area contributed by atoms with E-state index in [9.17, 15) is 0 Å². The average Bonchev–Trinajstić information content (AvgIpc) is 2.80. The summed E-state index contributed by atoms with van der Waals surface area (Å²) in [4.78, 5) is 0. The molecule has 0 amide bonds. The Bertz CT molecular complexity index is 1220. The third kappa shape index (κ3) is 2.90. The molecule has 0 saturated carbocycles. The van der Waals surface area contributed by atoms with Crippen molar-refractivity contribution >= 4 is 10.8 Å². The molecule has 0 spiro atoms. The minimum absolute atomic E-state index is 1.24. The standard InChI is InChI=1S/C28H20/c1-4-12-21(13-5-1)26-20-27(22-14-6-2-7-15-22)28(23-16-8-3-9-17-23)25-19-11-10-18-24(25)26/h1-20H. The van der Waals surface area contributed by atoms with Crippen molar-refractivity contribution in [2.75, 3.05) is 0 Å². The van der Waals surface area contributed by atoms with Crippen molar-refractivity contribution in [2.45, 2.75) is 0 Å². The molecular formula is C28H20. The molecule has 0 saturated heterocycles. The molecule has 0 radical (unpaired) electrons. The third-order valence-corrected chi connectivity index (χ3v) is 5.28. The van der Waals surface area contributed by atoms with Crippen LogP contribution in [0.4, 0.5) is 0 Å². The van der Waals surface area contributed by atoms with Crippen molar-refractivity contribution in [1.82, 2.24) is 0 Å². The monoisotopic (exact) mass is 356 g/mol. The SMILES string of the molecule is c1ccc(-c2cc(-c3ccccc3)c3ccccc3c2-c2ccccc2)cc1. The second kappa shape index (κ2) is 7.17. The van der Waals surface area contributed by atoms with Crippen molar-refractivity contribution in [1.29, 1.82) is 0 Å². The highest BCUT2D eigenvalue weighted by molar-refractivity contribution is 6.10. The molecule has 0 aliphatic rings. The number of fused-ring (bicyclic) bond motifs is 1. The van der Waals surface area contributed by atoms with Crippen LogP contribution >= 0.6 is 0 Å². The third-order valence-electron chi connectivity index (χ3n) is 5.28. The molecule has 0 bridgehead atoms. The number of benzene rings is 5. The molecule has 0 atom stereocenters. The largest absolute Gasteiger partial charge is 0.0622 e. The summed E-state index contributed by atoms with van der Waals surface area (Å²) < 4.78 is 0. The van der Waals surface area contributed by atoms with Crippen LogP contribution in [0.25, 0.3) is 44.2 Å².